The van der Waals surface area contributed by atoms with Crippen molar-refractivity contribution in [1.29, 1.82) is 0 Å². The first-order valence-electron chi connectivity index (χ1n) is 11.7. The summed E-state index contributed by atoms with van der Waals surface area (Å²) in [5.74, 6) is 1.80. The Balaban J connectivity index is 0.000000294. The average molecular weight is 471 g/mol. The molecule has 2 aromatic rings. The minimum Gasteiger partial charge on any atom is -0.357 e. The summed E-state index contributed by atoms with van der Waals surface area (Å²) in [7, 11) is 2.24. The smallest absolute Gasteiger partial charge is 0.202 e. The minimum atomic E-state index is 0.337. The van der Waals surface area contributed by atoms with Crippen molar-refractivity contribution < 1.29 is 0 Å². The highest BCUT2D eigenvalue weighted by Gasteiger charge is 2.23. The molecule has 1 aliphatic rings. The Morgan fingerprint density at radius 3 is 2.55 bits per heavy atom. The van der Waals surface area contributed by atoms with E-state index in [1.165, 1.54) is 50.7 Å². The van der Waals surface area contributed by atoms with E-state index in [0.29, 0.717) is 11.1 Å². The lowest BCUT2D eigenvalue weighted by atomic mass is 10.2. The molecule has 1 fully saturated rings. The van der Waals surface area contributed by atoms with Crippen LogP contribution in [0.1, 0.15) is 38.3 Å². The molecule has 1 aliphatic heterocycles. The third-order valence-corrected chi connectivity index (χ3v) is 5.77. The predicted octanol–water partition coefficient (Wildman–Crippen LogP) is 6.05. The van der Waals surface area contributed by atoms with Crippen LogP contribution < -0.4 is 10.2 Å². The number of nitrogens with one attached hydrogen (secondary N) is 2. The molecule has 1 aromatic heterocycles. The summed E-state index contributed by atoms with van der Waals surface area (Å²) in [6.45, 7) is 19.3. The number of hydrogen-bond acceptors (Lipinski definition) is 5. The van der Waals surface area contributed by atoms with Crippen molar-refractivity contribution in [1.82, 2.24) is 19.8 Å². The Bertz CT molecular complexity index is 863. The van der Waals surface area contributed by atoms with E-state index in [4.69, 9.17) is 11.6 Å². The van der Waals surface area contributed by atoms with Gasteiger partial charge in [-0.1, -0.05) is 51.3 Å². The van der Waals surface area contributed by atoms with Gasteiger partial charge in [0.05, 0.1) is 5.69 Å². The largest absolute Gasteiger partial charge is 0.357 e. The number of anilines is 2. The summed E-state index contributed by atoms with van der Waals surface area (Å²) in [5, 5.41) is 3.15. The van der Waals surface area contributed by atoms with Gasteiger partial charge >= 0.3 is 0 Å². The molecule has 0 atom stereocenters. The highest BCUT2D eigenvalue weighted by atomic mass is 35.5. The molecule has 33 heavy (non-hydrogen) atoms. The van der Waals surface area contributed by atoms with Crippen LogP contribution in [0.5, 0.6) is 0 Å². The van der Waals surface area contributed by atoms with Crippen LogP contribution >= 0.6 is 11.6 Å². The van der Waals surface area contributed by atoms with Crippen molar-refractivity contribution in [2.75, 3.05) is 50.0 Å². The summed E-state index contributed by atoms with van der Waals surface area (Å²) in [6, 6.07) is 10.6. The van der Waals surface area contributed by atoms with Crippen LogP contribution in [0.15, 0.2) is 62.1 Å². The van der Waals surface area contributed by atoms with Crippen molar-refractivity contribution in [3.63, 3.8) is 0 Å². The van der Waals surface area contributed by atoms with E-state index in [9.17, 15) is 0 Å². The Morgan fingerprint density at radius 2 is 1.88 bits per heavy atom. The summed E-state index contributed by atoms with van der Waals surface area (Å²) in [6.07, 6.45) is 8.27. The fourth-order valence-electron chi connectivity index (χ4n) is 3.71. The summed E-state index contributed by atoms with van der Waals surface area (Å²) in [4.78, 5) is 13.9. The Kier molecular flexibility index (Phi) is 11.6. The van der Waals surface area contributed by atoms with Crippen LogP contribution in [-0.4, -0.2) is 59.5 Å². The van der Waals surface area contributed by atoms with Crippen LogP contribution in [0, 0.1) is 0 Å². The molecule has 180 valence electrons. The van der Waals surface area contributed by atoms with Gasteiger partial charge in [-0.15, -0.1) is 0 Å². The second-order valence-corrected chi connectivity index (χ2v) is 8.45. The van der Waals surface area contributed by atoms with Gasteiger partial charge in [0.15, 0.2) is 5.82 Å². The van der Waals surface area contributed by atoms with Gasteiger partial charge in [-0.3, -0.25) is 0 Å². The van der Waals surface area contributed by atoms with Crippen molar-refractivity contribution in [2.45, 2.75) is 32.6 Å². The number of nitrogens with zero attached hydrogens (tertiary/aromatic N) is 4. The fourth-order valence-corrected chi connectivity index (χ4v) is 3.90. The molecule has 2 heterocycles. The molecule has 7 heteroatoms. The van der Waals surface area contributed by atoms with E-state index in [1.54, 1.807) is 6.08 Å². The molecular weight excluding hydrogens is 432 g/mol. The number of rotatable bonds is 12. The zero-order valence-corrected chi connectivity index (χ0v) is 20.9. The average Bonchev–Trinajstić information content (AvgIpc) is 3.38. The van der Waals surface area contributed by atoms with Gasteiger partial charge in [-0.2, -0.15) is 4.98 Å². The Hall–Kier alpha value is -2.70. The second kappa shape index (κ2) is 14.4. The quantitative estimate of drug-likeness (QED) is 0.369. The maximum Gasteiger partial charge on any atom is 0.202 e. The molecule has 3 rings (SSSR count). The van der Waals surface area contributed by atoms with Gasteiger partial charge in [0.2, 0.25) is 5.28 Å². The lowest BCUT2D eigenvalue weighted by molar-refractivity contribution is 0.306. The van der Waals surface area contributed by atoms with E-state index >= 15 is 0 Å². The molecule has 0 bridgehead atoms. The van der Waals surface area contributed by atoms with Gasteiger partial charge in [0, 0.05) is 25.3 Å². The van der Waals surface area contributed by atoms with E-state index in [-0.39, 0.29) is 0 Å². The van der Waals surface area contributed by atoms with Crippen molar-refractivity contribution >= 4 is 29.2 Å². The minimum absolute atomic E-state index is 0.337. The van der Waals surface area contributed by atoms with Gasteiger partial charge < -0.3 is 25.0 Å². The lowest BCUT2D eigenvalue weighted by Gasteiger charge is -2.24. The third-order valence-electron chi connectivity index (χ3n) is 5.60. The highest BCUT2D eigenvalue weighted by Crippen LogP contribution is 2.25. The lowest BCUT2D eigenvalue weighted by Crippen LogP contribution is -2.25. The fraction of sp³-hybridized carbons (Fsp3) is 0.423. The first-order valence-corrected chi connectivity index (χ1v) is 12.1. The topological polar surface area (TPSA) is 50.4 Å². The van der Waals surface area contributed by atoms with Gasteiger partial charge in [0.25, 0.3) is 0 Å². The van der Waals surface area contributed by atoms with Crippen molar-refractivity contribution in [3.05, 3.63) is 73.1 Å². The number of hydrogen-bond donors (Lipinski definition) is 2. The van der Waals surface area contributed by atoms with Gasteiger partial charge in [-0.25, -0.2) is 0 Å². The molecule has 1 aromatic carbocycles. The first kappa shape index (κ1) is 26.6. The maximum atomic E-state index is 5.59. The monoisotopic (exact) mass is 470 g/mol. The second-order valence-electron chi connectivity index (χ2n) is 8.10. The predicted molar refractivity (Wildman–Crippen MR) is 144 cm³/mol. The number of aromatic amines is 1. The number of H-pyrrole nitrogens is 1. The molecule has 0 unspecified atom stereocenters. The number of aromatic nitrogens is 2. The Labute approximate surface area is 204 Å². The van der Waals surface area contributed by atoms with Crippen LogP contribution in [0.4, 0.5) is 11.5 Å². The molecule has 0 aliphatic carbocycles. The molecule has 0 radical (unpaired) electrons. The zero-order chi connectivity index (χ0) is 24.1. The number of benzene rings is 1. The van der Waals surface area contributed by atoms with E-state index < -0.39 is 0 Å². The van der Waals surface area contributed by atoms with Crippen LogP contribution in [0.2, 0.25) is 5.28 Å². The van der Waals surface area contributed by atoms with Crippen LogP contribution in [0.25, 0.3) is 6.08 Å². The normalized spacial score (nSPS) is 13.2. The number of para-hydroxylation sites is 1. The molecule has 0 spiro atoms. The number of imidazole rings is 1. The molecular formula is C26H39ClN6. The number of unbranched alkanes of at least 4 members (excludes halogenated alkanes) is 2. The third kappa shape index (κ3) is 8.63. The van der Waals surface area contributed by atoms with Crippen LogP contribution in [-0.2, 0) is 0 Å². The SMILES string of the molecule is C=C1N(CCCCN(C)CCCC)CCN1c1ccccc1.C=CNc1nc(Cl)[nH]c1C=C. The van der Waals surface area contributed by atoms with E-state index in [0.717, 1.165) is 31.1 Å². The first-order chi connectivity index (χ1) is 16.0. The molecule has 6 nitrogen and oxygen atoms in total. The Morgan fingerprint density at radius 1 is 1.15 bits per heavy atom. The van der Waals surface area contributed by atoms with Crippen molar-refractivity contribution in [2.24, 2.45) is 0 Å². The molecule has 0 saturated carbocycles. The summed E-state index contributed by atoms with van der Waals surface area (Å²) < 4.78 is 0. The van der Waals surface area contributed by atoms with E-state index in [2.05, 4.69) is 94.0 Å². The maximum absolute atomic E-state index is 5.59. The summed E-state index contributed by atoms with van der Waals surface area (Å²) >= 11 is 5.59. The van der Waals surface area contributed by atoms with Gasteiger partial charge in [-0.05, 0) is 75.4 Å². The standard InChI is InChI=1S/C19H31N3.C7H8ClN3/c1-4-5-13-20(3)14-9-10-15-21-16-17-22(18(21)2)19-11-7-6-8-12-19;1-3-5-6(9-4-2)11-7(8)10-5/h6-8,11-12H,2,4-5,9-10,13-17H2,1,3H3;3-4,9H,1-2H2,(H,10,11). The van der Waals surface area contributed by atoms with E-state index in [1.807, 2.05) is 0 Å². The summed E-state index contributed by atoms with van der Waals surface area (Å²) in [5.41, 5.74) is 2.02. The van der Waals surface area contributed by atoms with Crippen LogP contribution in [0.3, 0.4) is 0 Å². The highest BCUT2D eigenvalue weighted by molar-refractivity contribution is 6.28. The number of halogens is 1. The molecule has 0 amide bonds. The zero-order valence-electron chi connectivity index (χ0n) is 20.2. The molecule has 1 saturated heterocycles. The molecule has 2 N–H and O–H groups in total. The van der Waals surface area contributed by atoms with Crippen molar-refractivity contribution in [3.8, 4) is 0 Å². The van der Waals surface area contributed by atoms with Gasteiger partial charge in [0.1, 0.15) is 5.82 Å².